The van der Waals surface area contributed by atoms with Gasteiger partial charge in [-0.1, -0.05) is 37.3 Å². The van der Waals surface area contributed by atoms with Crippen molar-refractivity contribution >= 4 is 0 Å². The number of aliphatic hydroxyl groups is 1. The van der Waals surface area contributed by atoms with Crippen LogP contribution in [-0.4, -0.2) is 35.7 Å². The zero-order chi connectivity index (χ0) is 13.9. The molecule has 0 spiro atoms. The molecule has 1 aliphatic heterocycles. The molecule has 1 aliphatic carbocycles. The molecular formula is C18H27NO. The molecule has 1 N–H and O–H groups in total. The Morgan fingerprint density at radius 2 is 1.95 bits per heavy atom. The van der Waals surface area contributed by atoms with Crippen LogP contribution < -0.4 is 0 Å². The standard InChI is InChI=1S/C18H27NO/c1-14-7-8-18(20)17(11-14)13-19-10-9-16(12-19)15-5-3-2-4-6-15/h2-6,14,16-18,20H,7-13H2,1H3. The van der Waals surface area contributed by atoms with Crippen LogP contribution in [0.25, 0.3) is 0 Å². The molecule has 2 heteroatoms. The van der Waals surface area contributed by atoms with Gasteiger partial charge in [0.25, 0.3) is 0 Å². The van der Waals surface area contributed by atoms with E-state index in [1.807, 2.05) is 0 Å². The van der Waals surface area contributed by atoms with Crippen LogP contribution in [0.3, 0.4) is 0 Å². The average molecular weight is 273 g/mol. The van der Waals surface area contributed by atoms with Gasteiger partial charge < -0.3 is 10.0 Å². The summed E-state index contributed by atoms with van der Waals surface area (Å²) < 4.78 is 0. The molecular weight excluding hydrogens is 246 g/mol. The summed E-state index contributed by atoms with van der Waals surface area (Å²) in [4.78, 5) is 2.57. The Hall–Kier alpha value is -0.860. The minimum atomic E-state index is -0.0676. The quantitative estimate of drug-likeness (QED) is 0.913. The van der Waals surface area contributed by atoms with E-state index in [9.17, 15) is 5.11 Å². The maximum Gasteiger partial charge on any atom is 0.0580 e. The Bertz CT molecular complexity index is 419. The Kier molecular flexibility index (Phi) is 4.42. The van der Waals surface area contributed by atoms with E-state index >= 15 is 0 Å². The number of rotatable bonds is 3. The third-order valence-corrected chi connectivity index (χ3v) is 5.24. The topological polar surface area (TPSA) is 23.5 Å². The lowest BCUT2D eigenvalue weighted by molar-refractivity contribution is 0.0344. The molecule has 0 bridgehead atoms. The van der Waals surface area contributed by atoms with Gasteiger partial charge in [-0.15, -0.1) is 0 Å². The highest BCUT2D eigenvalue weighted by atomic mass is 16.3. The van der Waals surface area contributed by atoms with Gasteiger partial charge >= 0.3 is 0 Å². The molecule has 4 atom stereocenters. The molecule has 0 radical (unpaired) electrons. The van der Waals surface area contributed by atoms with Crippen molar-refractivity contribution in [2.24, 2.45) is 11.8 Å². The molecule has 3 rings (SSSR count). The second kappa shape index (κ2) is 6.28. The van der Waals surface area contributed by atoms with E-state index < -0.39 is 0 Å². The SMILES string of the molecule is CC1CCC(O)C(CN2CCC(c3ccccc3)C2)C1. The molecule has 1 saturated heterocycles. The smallest absolute Gasteiger partial charge is 0.0580 e. The second-order valence-electron chi connectivity index (χ2n) is 6.90. The Morgan fingerprint density at radius 1 is 1.15 bits per heavy atom. The summed E-state index contributed by atoms with van der Waals surface area (Å²) in [6.45, 7) is 5.78. The maximum absolute atomic E-state index is 10.2. The molecule has 1 aromatic rings. The van der Waals surface area contributed by atoms with Crippen molar-refractivity contribution in [3.8, 4) is 0 Å². The van der Waals surface area contributed by atoms with Crippen LogP contribution in [0.2, 0.25) is 0 Å². The summed E-state index contributed by atoms with van der Waals surface area (Å²) in [5, 5.41) is 10.2. The zero-order valence-corrected chi connectivity index (χ0v) is 12.5. The normalized spacial score (nSPS) is 35.3. The fourth-order valence-electron chi connectivity index (χ4n) is 4.01. The summed E-state index contributed by atoms with van der Waals surface area (Å²) in [6, 6.07) is 10.9. The van der Waals surface area contributed by atoms with Crippen molar-refractivity contribution in [2.75, 3.05) is 19.6 Å². The highest BCUT2D eigenvalue weighted by molar-refractivity contribution is 5.21. The first-order valence-electron chi connectivity index (χ1n) is 8.17. The highest BCUT2D eigenvalue weighted by Crippen LogP contribution is 2.32. The van der Waals surface area contributed by atoms with E-state index in [0.29, 0.717) is 11.8 Å². The van der Waals surface area contributed by atoms with Crippen LogP contribution in [0.5, 0.6) is 0 Å². The molecule has 2 fully saturated rings. The van der Waals surface area contributed by atoms with Crippen molar-refractivity contribution in [1.82, 2.24) is 4.90 Å². The van der Waals surface area contributed by atoms with Crippen LogP contribution in [0, 0.1) is 11.8 Å². The number of hydrogen-bond acceptors (Lipinski definition) is 2. The molecule has 2 aliphatic rings. The number of aliphatic hydroxyl groups excluding tert-OH is 1. The zero-order valence-electron chi connectivity index (χ0n) is 12.5. The lowest BCUT2D eigenvalue weighted by Gasteiger charge is -2.34. The van der Waals surface area contributed by atoms with Crippen molar-refractivity contribution in [3.05, 3.63) is 35.9 Å². The van der Waals surface area contributed by atoms with E-state index in [-0.39, 0.29) is 6.10 Å². The summed E-state index contributed by atoms with van der Waals surface area (Å²) in [5.74, 6) is 1.97. The van der Waals surface area contributed by atoms with Crippen LogP contribution in [-0.2, 0) is 0 Å². The average Bonchev–Trinajstić information content (AvgIpc) is 2.92. The minimum absolute atomic E-state index is 0.0676. The summed E-state index contributed by atoms with van der Waals surface area (Å²) in [7, 11) is 0. The Morgan fingerprint density at radius 3 is 2.75 bits per heavy atom. The third kappa shape index (κ3) is 3.24. The van der Waals surface area contributed by atoms with E-state index in [2.05, 4.69) is 42.2 Å². The fraction of sp³-hybridized carbons (Fsp3) is 0.667. The molecule has 1 saturated carbocycles. The number of nitrogens with zero attached hydrogens (tertiary/aromatic N) is 1. The van der Waals surface area contributed by atoms with Crippen molar-refractivity contribution in [1.29, 1.82) is 0 Å². The van der Waals surface area contributed by atoms with Gasteiger partial charge in [-0.05, 0) is 55.5 Å². The molecule has 4 unspecified atom stereocenters. The van der Waals surface area contributed by atoms with Gasteiger partial charge in [-0.25, -0.2) is 0 Å². The first-order valence-corrected chi connectivity index (χ1v) is 8.17. The van der Waals surface area contributed by atoms with Gasteiger partial charge in [-0.3, -0.25) is 0 Å². The van der Waals surface area contributed by atoms with Gasteiger partial charge in [0, 0.05) is 13.1 Å². The van der Waals surface area contributed by atoms with Gasteiger partial charge in [0.15, 0.2) is 0 Å². The number of benzene rings is 1. The fourth-order valence-corrected chi connectivity index (χ4v) is 4.01. The van der Waals surface area contributed by atoms with Gasteiger partial charge in [0.05, 0.1) is 6.10 Å². The van der Waals surface area contributed by atoms with E-state index in [1.54, 1.807) is 0 Å². The van der Waals surface area contributed by atoms with Crippen molar-refractivity contribution in [2.45, 2.75) is 44.6 Å². The Labute approximate surface area is 122 Å². The summed E-state index contributed by atoms with van der Waals surface area (Å²) in [6.07, 6.45) is 4.60. The van der Waals surface area contributed by atoms with Crippen LogP contribution in [0.15, 0.2) is 30.3 Å². The van der Waals surface area contributed by atoms with Crippen molar-refractivity contribution < 1.29 is 5.11 Å². The predicted molar refractivity (Wildman–Crippen MR) is 82.8 cm³/mol. The molecule has 0 amide bonds. The van der Waals surface area contributed by atoms with Gasteiger partial charge in [-0.2, -0.15) is 0 Å². The maximum atomic E-state index is 10.2. The molecule has 1 heterocycles. The second-order valence-corrected chi connectivity index (χ2v) is 6.90. The first-order chi connectivity index (χ1) is 9.72. The minimum Gasteiger partial charge on any atom is -0.393 e. The molecule has 1 aromatic carbocycles. The molecule has 20 heavy (non-hydrogen) atoms. The number of likely N-dealkylation sites (tertiary alicyclic amines) is 1. The summed E-state index contributed by atoms with van der Waals surface area (Å²) >= 11 is 0. The molecule has 2 nitrogen and oxygen atoms in total. The third-order valence-electron chi connectivity index (χ3n) is 5.24. The van der Waals surface area contributed by atoms with E-state index in [4.69, 9.17) is 0 Å². The monoisotopic (exact) mass is 273 g/mol. The van der Waals surface area contributed by atoms with E-state index in [1.165, 1.54) is 37.9 Å². The predicted octanol–water partition coefficient (Wildman–Crippen LogP) is 3.27. The highest BCUT2D eigenvalue weighted by Gasteiger charge is 2.31. The number of hydrogen-bond donors (Lipinski definition) is 1. The van der Waals surface area contributed by atoms with Gasteiger partial charge in [0.1, 0.15) is 0 Å². The Balaban J connectivity index is 1.55. The molecule has 0 aromatic heterocycles. The van der Waals surface area contributed by atoms with E-state index in [0.717, 1.165) is 18.9 Å². The van der Waals surface area contributed by atoms with Crippen LogP contribution in [0.4, 0.5) is 0 Å². The lowest BCUT2D eigenvalue weighted by atomic mass is 9.80. The molecule has 110 valence electrons. The summed E-state index contributed by atoms with van der Waals surface area (Å²) in [5.41, 5.74) is 1.48. The lowest BCUT2D eigenvalue weighted by Crippen LogP contribution is -2.37. The largest absolute Gasteiger partial charge is 0.393 e. The van der Waals surface area contributed by atoms with Crippen LogP contribution >= 0.6 is 0 Å². The first kappa shape index (κ1) is 14.1. The van der Waals surface area contributed by atoms with Crippen molar-refractivity contribution in [3.63, 3.8) is 0 Å². The van der Waals surface area contributed by atoms with Crippen LogP contribution in [0.1, 0.15) is 44.1 Å². The van der Waals surface area contributed by atoms with Gasteiger partial charge in [0.2, 0.25) is 0 Å².